The monoisotopic (exact) mass is 716 g/mol. The van der Waals surface area contributed by atoms with Gasteiger partial charge in [-0.15, -0.1) is 0 Å². The van der Waals surface area contributed by atoms with Crippen molar-refractivity contribution in [3.63, 3.8) is 0 Å². The highest BCUT2D eigenvalue weighted by Gasteiger charge is 2.51. The van der Waals surface area contributed by atoms with E-state index >= 15 is 4.79 Å². The molecule has 7 rings (SSSR count). The molecule has 4 aromatic rings. The van der Waals surface area contributed by atoms with Crippen molar-refractivity contribution in [3.8, 4) is 33.8 Å². The number of halogens is 2. The Morgan fingerprint density at radius 2 is 1.74 bits per heavy atom. The number of aromatic nitrogens is 3. The van der Waals surface area contributed by atoms with Crippen LogP contribution in [0.1, 0.15) is 65.6 Å². The van der Waals surface area contributed by atoms with Gasteiger partial charge >= 0.3 is 6.09 Å². The number of carboxylic acid groups (broad SMARTS) is 1. The van der Waals surface area contributed by atoms with Gasteiger partial charge in [0.05, 0.1) is 24.1 Å². The highest BCUT2D eigenvalue weighted by atomic mass is 35.5. The lowest BCUT2D eigenvalue weighted by molar-refractivity contribution is 0.0436. The maximum atomic E-state index is 15.0. The Morgan fingerprint density at radius 1 is 1.00 bits per heavy atom. The number of rotatable bonds is 5. The molecule has 0 saturated carbocycles. The van der Waals surface area contributed by atoms with Gasteiger partial charge in [0.15, 0.2) is 5.69 Å². The minimum atomic E-state index is -0.930. The van der Waals surface area contributed by atoms with Crippen LogP contribution in [-0.2, 0) is 12.8 Å². The molecule has 0 spiro atoms. The third-order valence-corrected chi connectivity index (χ3v) is 10.8. The summed E-state index contributed by atoms with van der Waals surface area (Å²) in [6, 6.07) is 10.6. The standard InChI is InChI=1S/C37H38Cl2N6O5/c1-37(2,3)31-11-22-18-43(36(48)49)8-7-29(22)44(31)35(47)32-26-6-5-19-10-30(50-4)27(20-9-21(34(40)46)17-41-16-20)15-28(19)33(26)45(42-32)25-13-23(38)12-24(39)14-25/h9-10,12-17,22,29,31H,5-8,11,18H2,1-4H3,(H2,40,46)(H,48,49). The van der Waals surface area contributed by atoms with Gasteiger partial charge < -0.3 is 25.4 Å². The second-order valence-corrected chi connectivity index (χ2v) is 15.3. The van der Waals surface area contributed by atoms with E-state index in [1.807, 2.05) is 17.0 Å². The zero-order valence-corrected chi connectivity index (χ0v) is 29.8. The highest BCUT2D eigenvalue weighted by molar-refractivity contribution is 6.34. The number of aryl methyl sites for hydroxylation is 1. The summed E-state index contributed by atoms with van der Waals surface area (Å²) >= 11 is 13.0. The van der Waals surface area contributed by atoms with Gasteiger partial charge in [-0.2, -0.15) is 5.10 Å². The number of methoxy groups -OCH3 is 1. The number of fused-ring (bicyclic) bond motifs is 4. The molecule has 13 heteroatoms. The first-order chi connectivity index (χ1) is 23.7. The maximum absolute atomic E-state index is 15.0. The lowest BCUT2D eigenvalue weighted by Gasteiger charge is -2.40. The highest BCUT2D eigenvalue weighted by Crippen LogP contribution is 2.46. The molecule has 2 saturated heterocycles. The first-order valence-electron chi connectivity index (χ1n) is 16.6. The van der Waals surface area contributed by atoms with Crippen molar-refractivity contribution in [2.45, 2.75) is 58.5 Å². The first kappa shape index (κ1) is 33.9. The summed E-state index contributed by atoms with van der Waals surface area (Å²) < 4.78 is 7.57. The van der Waals surface area contributed by atoms with E-state index in [-0.39, 0.29) is 34.9 Å². The van der Waals surface area contributed by atoms with E-state index in [9.17, 15) is 14.7 Å². The van der Waals surface area contributed by atoms with Gasteiger partial charge in [0, 0.05) is 69.9 Å². The number of pyridine rings is 1. The lowest BCUT2D eigenvalue weighted by atomic mass is 9.83. The molecule has 50 heavy (non-hydrogen) atoms. The molecule has 3 atom stereocenters. The van der Waals surface area contributed by atoms with Crippen LogP contribution in [0, 0.1) is 11.3 Å². The summed E-state index contributed by atoms with van der Waals surface area (Å²) in [6.45, 7) is 7.14. The molecule has 260 valence electrons. The van der Waals surface area contributed by atoms with Crippen LogP contribution in [0.2, 0.25) is 10.0 Å². The number of carbonyl (C=O) groups is 3. The molecule has 2 aromatic carbocycles. The van der Waals surface area contributed by atoms with Crippen molar-refractivity contribution in [3.05, 3.63) is 81.2 Å². The van der Waals surface area contributed by atoms with E-state index in [0.717, 1.165) is 22.4 Å². The van der Waals surface area contributed by atoms with Gasteiger partial charge in [0.1, 0.15) is 5.75 Å². The molecule has 2 fully saturated rings. The number of benzene rings is 2. The summed E-state index contributed by atoms with van der Waals surface area (Å²) in [5.41, 5.74) is 11.3. The number of amides is 3. The second-order valence-electron chi connectivity index (χ2n) is 14.4. The summed E-state index contributed by atoms with van der Waals surface area (Å²) in [7, 11) is 1.59. The summed E-state index contributed by atoms with van der Waals surface area (Å²) in [6.07, 6.45) is 4.59. The molecule has 0 bridgehead atoms. The number of carbonyl (C=O) groups excluding carboxylic acids is 2. The number of primary amides is 1. The fraction of sp³-hybridized carbons (Fsp3) is 0.378. The minimum absolute atomic E-state index is 0.0261. The Bertz CT molecular complexity index is 2040. The Balaban J connectivity index is 1.41. The molecule has 0 radical (unpaired) electrons. The fourth-order valence-corrected chi connectivity index (χ4v) is 8.53. The Hall–Kier alpha value is -4.61. The van der Waals surface area contributed by atoms with E-state index in [1.165, 1.54) is 11.1 Å². The lowest BCUT2D eigenvalue weighted by Crippen LogP contribution is -2.52. The molecule has 4 heterocycles. The molecule has 3 unspecified atom stereocenters. The van der Waals surface area contributed by atoms with Gasteiger partial charge in [-0.25, -0.2) is 9.48 Å². The van der Waals surface area contributed by atoms with Crippen LogP contribution in [0.15, 0.2) is 48.8 Å². The predicted molar refractivity (Wildman–Crippen MR) is 190 cm³/mol. The Kier molecular flexibility index (Phi) is 8.55. The molecule has 2 aliphatic heterocycles. The minimum Gasteiger partial charge on any atom is -0.496 e. The molecule has 11 nitrogen and oxygen atoms in total. The van der Waals surface area contributed by atoms with Gasteiger partial charge in [0.2, 0.25) is 5.91 Å². The van der Waals surface area contributed by atoms with Crippen molar-refractivity contribution >= 4 is 41.1 Å². The normalized spacial score (nSPS) is 19.8. The van der Waals surface area contributed by atoms with Crippen LogP contribution in [0.25, 0.3) is 28.1 Å². The Labute approximate surface area is 299 Å². The average molecular weight is 718 g/mol. The second kappa shape index (κ2) is 12.6. The first-order valence-corrected chi connectivity index (χ1v) is 17.4. The molecule has 3 aliphatic rings. The van der Waals surface area contributed by atoms with Crippen LogP contribution in [0.3, 0.4) is 0 Å². The van der Waals surface area contributed by atoms with Gasteiger partial charge in [-0.3, -0.25) is 14.6 Å². The largest absolute Gasteiger partial charge is 0.496 e. The van der Waals surface area contributed by atoms with Crippen LogP contribution < -0.4 is 10.5 Å². The van der Waals surface area contributed by atoms with Gasteiger partial charge in [-0.05, 0) is 79.0 Å². The zero-order valence-electron chi connectivity index (χ0n) is 28.2. The van der Waals surface area contributed by atoms with Crippen LogP contribution >= 0.6 is 23.2 Å². The number of hydrogen-bond acceptors (Lipinski definition) is 6. The van der Waals surface area contributed by atoms with Crippen LogP contribution in [0.4, 0.5) is 4.79 Å². The van der Waals surface area contributed by atoms with Gasteiger partial charge in [-0.1, -0.05) is 44.0 Å². The number of nitrogens with two attached hydrogens (primary N) is 1. The molecule has 3 amide bonds. The molecule has 3 N–H and O–H groups in total. The summed E-state index contributed by atoms with van der Waals surface area (Å²) in [5, 5.41) is 15.7. The SMILES string of the molecule is COc1cc2c(cc1-c1cncc(C(N)=O)c1)-c1c(c(C(=O)N3C4CCN(C(=O)O)CC4CC3C(C)(C)C)nn1-c1cc(Cl)cc(Cl)c1)CC2. The molecule has 2 aromatic heterocycles. The van der Waals surface area contributed by atoms with Crippen LogP contribution in [-0.4, -0.2) is 79.9 Å². The number of nitrogens with zero attached hydrogens (tertiary/aromatic N) is 5. The van der Waals surface area contributed by atoms with Crippen LogP contribution in [0.5, 0.6) is 5.75 Å². The smallest absolute Gasteiger partial charge is 0.407 e. The zero-order chi connectivity index (χ0) is 35.6. The van der Waals surface area contributed by atoms with E-state index in [4.69, 9.17) is 38.8 Å². The topological polar surface area (TPSA) is 144 Å². The number of likely N-dealkylation sites (tertiary alicyclic amines) is 2. The van der Waals surface area contributed by atoms with E-state index in [1.54, 1.807) is 42.3 Å². The Morgan fingerprint density at radius 3 is 2.40 bits per heavy atom. The third kappa shape index (κ3) is 5.86. The van der Waals surface area contributed by atoms with Crippen molar-refractivity contribution < 1.29 is 24.2 Å². The molecular weight excluding hydrogens is 679 g/mol. The summed E-state index contributed by atoms with van der Waals surface area (Å²) in [4.78, 5) is 46.7. The van der Waals surface area contributed by atoms with E-state index in [2.05, 4.69) is 25.8 Å². The van der Waals surface area contributed by atoms with Crippen molar-refractivity contribution in [1.82, 2.24) is 24.6 Å². The molecular formula is C37H38Cl2N6O5. The van der Waals surface area contributed by atoms with Gasteiger partial charge in [0.25, 0.3) is 5.91 Å². The van der Waals surface area contributed by atoms with E-state index in [0.29, 0.717) is 77.1 Å². The molecule has 1 aliphatic carbocycles. The van der Waals surface area contributed by atoms with E-state index < -0.39 is 12.0 Å². The number of ether oxygens (including phenoxy) is 1. The maximum Gasteiger partial charge on any atom is 0.407 e. The number of piperidine rings is 1. The third-order valence-electron chi connectivity index (χ3n) is 10.4. The average Bonchev–Trinajstić information content (AvgIpc) is 3.66. The quantitative estimate of drug-likeness (QED) is 0.233. The van der Waals surface area contributed by atoms with Crippen molar-refractivity contribution in [2.75, 3.05) is 20.2 Å². The van der Waals surface area contributed by atoms with Crippen molar-refractivity contribution in [1.29, 1.82) is 0 Å². The predicted octanol–water partition coefficient (Wildman–Crippen LogP) is 6.74. The fourth-order valence-electron chi connectivity index (χ4n) is 8.02. The number of hydrogen-bond donors (Lipinski definition) is 2. The summed E-state index contributed by atoms with van der Waals surface area (Å²) in [5.74, 6) is -0.130. The van der Waals surface area contributed by atoms with Crippen molar-refractivity contribution in [2.24, 2.45) is 17.1 Å².